The van der Waals surface area contributed by atoms with Crippen molar-refractivity contribution < 1.29 is 18.4 Å². The Hall–Kier alpha value is -2.18. The summed E-state index contributed by atoms with van der Waals surface area (Å²) in [4.78, 5) is 9.32. The van der Waals surface area contributed by atoms with E-state index >= 15 is 0 Å². The number of nitro groups is 1. The Morgan fingerprint density at radius 2 is 2.17 bits per heavy atom. The number of sulfonamides is 1. The van der Waals surface area contributed by atoms with Gasteiger partial charge in [0.2, 0.25) is 10.0 Å². The number of phenols is 1. The number of hydrogen-bond donors (Lipinski definition) is 2. The van der Waals surface area contributed by atoms with Crippen molar-refractivity contribution in [2.24, 2.45) is 0 Å². The van der Waals surface area contributed by atoms with Gasteiger partial charge < -0.3 is 5.11 Å². The number of nitriles is 1. The highest BCUT2D eigenvalue weighted by Gasteiger charge is 2.20. The SMILES string of the molecule is N#CCCNS(=O)(=O)c1ccc(O)c([N+](=O)[O-])c1. The Morgan fingerprint density at radius 1 is 1.50 bits per heavy atom. The van der Waals surface area contributed by atoms with Crippen LogP contribution < -0.4 is 4.72 Å². The quantitative estimate of drug-likeness (QED) is 0.455. The van der Waals surface area contributed by atoms with Crippen LogP contribution in [0, 0.1) is 21.4 Å². The molecule has 0 aromatic heterocycles. The molecule has 9 heteroatoms. The minimum absolute atomic E-state index is 0.0145. The lowest BCUT2D eigenvalue weighted by atomic mass is 10.3. The maximum atomic E-state index is 11.7. The largest absolute Gasteiger partial charge is 0.502 e. The van der Waals surface area contributed by atoms with Crippen molar-refractivity contribution >= 4 is 15.7 Å². The molecule has 0 radical (unpaired) electrons. The van der Waals surface area contributed by atoms with Gasteiger partial charge in [0, 0.05) is 19.0 Å². The molecule has 2 N–H and O–H groups in total. The molecule has 1 aromatic carbocycles. The van der Waals surface area contributed by atoms with Crippen molar-refractivity contribution in [3.63, 3.8) is 0 Å². The van der Waals surface area contributed by atoms with Gasteiger partial charge in [-0.1, -0.05) is 0 Å². The Morgan fingerprint density at radius 3 is 2.72 bits per heavy atom. The first-order valence-corrected chi connectivity index (χ1v) is 6.21. The van der Waals surface area contributed by atoms with Crippen molar-refractivity contribution in [3.8, 4) is 11.8 Å². The van der Waals surface area contributed by atoms with Crippen LogP contribution in [0.4, 0.5) is 5.69 Å². The summed E-state index contributed by atoms with van der Waals surface area (Å²) >= 11 is 0. The number of nitrogens with one attached hydrogen (secondary N) is 1. The molecule has 0 saturated heterocycles. The van der Waals surface area contributed by atoms with Gasteiger partial charge in [-0.2, -0.15) is 5.26 Å². The smallest absolute Gasteiger partial charge is 0.312 e. The lowest BCUT2D eigenvalue weighted by Gasteiger charge is -2.05. The molecule has 18 heavy (non-hydrogen) atoms. The van der Waals surface area contributed by atoms with E-state index in [0.717, 1.165) is 18.2 Å². The molecule has 0 amide bonds. The first-order chi connectivity index (χ1) is 8.38. The number of aromatic hydroxyl groups is 1. The van der Waals surface area contributed by atoms with E-state index in [1.54, 1.807) is 6.07 Å². The molecule has 0 aliphatic heterocycles. The molecule has 8 nitrogen and oxygen atoms in total. The first kappa shape index (κ1) is 13.9. The summed E-state index contributed by atoms with van der Waals surface area (Å²) in [5.74, 6) is -0.615. The number of nitro benzene ring substituents is 1. The third kappa shape index (κ3) is 3.16. The van der Waals surface area contributed by atoms with Gasteiger partial charge >= 0.3 is 5.69 Å². The Balaban J connectivity index is 3.07. The first-order valence-electron chi connectivity index (χ1n) is 4.72. The molecule has 0 unspecified atom stereocenters. The standard InChI is InChI=1S/C9H9N3O5S/c10-4-1-5-11-18(16,17)7-2-3-9(13)8(6-7)12(14)15/h2-3,6,11,13H,1,5H2. The van der Waals surface area contributed by atoms with Crippen LogP contribution in [-0.4, -0.2) is 25.0 Å². The summed E-state index contributed by atoms with van der Waals surface area (Å²) < 4.78 is 25.4. The maximum absolute atomic E-state index is 11.7. The molecule has 0 fully saturated rings. The molecular formula is C9H9N3O5S. The van der Waals surface area contributed by atoms with Gasteiger partial charge in [-0.15, -0.1) is 0 Å². The van der Waals surface area contributed by atoms with Gasteiger partial charge in [0.15, 0.2) is 5.75 Å². The Labute approximate surface area is 103 Å². The Bertz CT molecular complexity index is 605. The second kappa shape index (κ2) is 5.44. The second-order valence-corrected chi connectivity index (χ2v) is 4.98. The second-order valence-electron chi connectivity index (χ2n) is 3.21. The molecule has 0 atom stereocenters. The predicted molar refractivity (Wildman–Crippen MR) is 60.2 cm³/mol. The van der Waals surface area contributed by atoms with Crippen LogP contribution in [0.1, 0.15) is 6.42 Å². The minimum atomic E-state index is -3.92. The summed E-state index contributed by atoms with van der Waals surface area (Å²) in [6.45, 7) is -0.0898. The molecule has 0 spiro atoms. The van der Waals surface area contributed by atoms with Crippen molar-refractivity contribution in [1.29, 1.82) is 5.26 Å². The van der Waals surface area contributed by atoms with Crippen molar-refractivity contribution in [2.75, 3.05) is 6.54 Å². The molecule has 0 heterocycles. The zero-order chi connectivity index (χ0) is 13.8. The molecular weight excluding hydrogens is 262 g/mol. The molecule has 0 aliphatic carbocycles. The highest BCUT2D eigenvalue weighted by atomic mass is 32.2. The van der Waals surface area contributed by atoms with Gasteiger partial charge in [0.05, 0.1) is 15.9 Å². The third-order valence-electron chi connectivity index (χ3n) is 1.98. The number of rotatable bonds is 5. The normalized spacial score (nSPS) is 10.8. The lowest BCUT2D eigenvalue weighted by molar-refractivity contribution is -0.386. The van der Waals surface area contributed by atoms with Crippen LogP contribution in [0.5, 0.6) is 5.75 Å². The van der Waals surface area contributed by atoms with E-state index in [9.17, 15) is 23.6 Å². The van der Waals surface area contributed by atoms with Gasteiger partial charge in [-0.25, -0.2) is 13.1 Å². The zero-order valence-electron chi connectivity index (χ0n) is 9.03. The molecule has 1 rings (SSSR count). The number of phenolic OH excluding ortho intramolecular Hbond substituents is 1. The van der Waals surface area contributed by atoms with E-state index in [2.05, 4.69) is 4.72 Å². The van der Waals surface area contributed by atoms with Crippen molar-refractivity contribution in [2.45, 2.75) is 11.3 Å². The number of benzene rings is 1. The molecule has 0 aliphatic rings. The van der Waals surface area contributed by atoms with Gasteiger partial charge in [0.1, 0.15) is 0 Å². The average Bonchev–Trinajstić information content (AvgIpc) is 2.29. The fourth-order valence-electron chi connectivity index (χ4n) is 1.14. The van der Waals surface area contributed by atoms with Crippen molar-refractivity contribution in [3.05, 3.63) is 28.3 Å². The minimum Gasteiger partial charge on any atom is -0.502 e. The van der Waals surface area contributed by atoms with Crippen LogP contribution in [0.2, 0.25) is 0 Å². The topological polar surface area (TPSA) is 133 Å². The van der Waals surface area contributed by atoms with Crippen LogP contribution in [0.15, 0.2) is 23.1 Å². The molecule has 0 bridgehead atoms. The van der Waals surface area contributed by atoms with Crippen LogP contribution in [0.3, 0.4) is 0 Å². The van der Waals surface area contributed by atoms with E-state index in [-0.39, 0.29) is 17.9 Å². The molecule has 1 aromatic rings. The maximum Gasteiger partial charge on any atom is 0.312 e. The van der Waals surface area contributed by atoms with E-state index in [0.29, 0.717) is 0 Å². The van der Waals surface area contributed by atoms with Crippen LogP contribution >= 0.6 is 0 Å². The predicted octanol–water partition coefficient (Wildman–Crippen LogP) is 0.492. The summed E-state index contributed by atoms with van der Waals surface area (Å²) in [7, 11) is -3.92. The summed E-state index contributed by atoms with van der Waals surface area (Å²) in [5.41, 5.74) is -0.696. The third-order valence-corrected chi connectivity index (χ3v) is 3.44. The summed E-state index contributed by atoms with van der Waals surface area (Å²) in [6.07, 6.45) is -0.0145. The molecule has 96 valence electrons. The zero-order valence-corrected chi connectivity index (χ0v) is 9.85. The van der Waals surface area contributed by atoms with Gasteiger partial charge in [-0.3, -0.25) is 10.1 Å². The van der Waals surface area contributed by atoms with Gasteiger partial charge in [-0.05, 0) is 12.1 Å². The van der Waals surface area contributed by atoms with Crippen LogP contribution in [0.25, 0.3) is 0 Å². The number of nitrogens with zero attached hydrogens (tertiary/aromatic N) is 2. The fourth-order valence-corrected chi connectivity index (χ4v) is 2.19. The van der Waals surface area contributed by atoms with E-state index in [4.69, 9.17) is 5.26 Å². The highest BCUT2D eigenvalue weighted by Crippen LogP contribution is 2.27. The lowest BCUT2D eigenvalue weighted by Crippen LogP contribution is -2.24. The highest BCUT2D eigenvalue weighted by molar-refractivity contribution is 7.89. The van der Waals surface area contributed by atoms with Crippen molar-refractivity contribution in [1.82, 2.24) is 4.72 Å². The Kier molecular flexibility index (Phi) is 4.19. The summed E-state index contributed by atoms with van der Waals surface area (Å²) in [5, 5.41) is 28.0. The summed E-state index contributed by atoms with van der Waals surface area (Å²) in [6, 6.07) is 4.48. The number of hydrogen-bond acceptors (Lipinski definition) is 6. The van der Waals surface area contributed by atoms with Crippen LogP contribution in [-0.2, 0) is 10.0 Å². The van der Waals surface area contributed by atoms with Gasteiger partial charge in [0.25, 0.3) is 0 Å². The average molecular weight is 271 g/mol. The van der Waals surface area contributed by atoms with E-state index in [1.807, 2.05) is 0 Å². The fraction of sp³-hybridized carbons (Fsp3) is 0.222. The van der Waals surface area contributed by atoms with E-state index < -0.39 is 26.4 Å². The van der Waals surface area contributed by atoms with E-state index in [1.165, 1.54) is 0 Å². The monoisotopic (exact) mass is 271 g/mol. The molecule has 0 saturated carbocycles.